The molecule has 15 heteroatoms. The molecule has 7 rings (SSSR count). The number of sulfonamides is 1. The van der Waals surface area contributed by atoms with Crippen LogP contribution >= 0.6 is 0 Å². The minimum absolute atomic E-state index is 0.0203. The first-order valence-electron chi connectivity index (χ1n) is 13.4. The zero-order chi connectivity index (χ0) is 27.3. The van der Waals surface area contributed by atoms with Crippen LogP contribution in [0.4, 0.5) is 31.8 Å². The van der Waals surface area contributed by atoms with Crippen LogP contribution in [0.2, 0.25) is 0 Å². The van der Waals surface area contributed by atoms with Crippen molar-refractivity contribution in [3.05, 3.63) is 23.8 Å². The van der Waals surface area contributed by atoms with Gasteiger partial charge in [-0.3, -0.25) is 9.78 Å². The second-order valence-corrected chi connectivity index (χ2v) is 12.8. The summed E-state index contributed by atoms with van der Waals surface area (Å²) in [4.78, 5) is 21.2. The zero-order valence-electron chi connectivity index (χ0n) is 21.5. The number of pyridine rings is 1. The van der Waals surface area contributed by atoms with Crippen LogP contribution < -0.4 is 21.3 Å². The number of carbonyl (C=O) groups is 1. The third-order valence-corrected chi connectivity index (χ3v) is 10.7. The van der Waals surface area contributed by atoms with E-state index in [9.17, 15) is 17.6 Å². The summed E-state index contributed by atoms with van der Waals surface area (Å²) in [7, 11) is -3.49. The number of nitrogen functional groups attached to an aromatic ring is 1. The van der Waals surface area contributed by atoms with Crippen molar-refractivity contribution < 1.29 is 22.0 Å². The number of amides is 1. The van der Waals surface area contributed by atoms with Crippen molar-refractivity contribution in [1.29, 1.82) is 0 Å². The van der Waals surface area contributed by atoms with E-state index in [-0.39, 0.29) is 41.9 Å². The SMILES string of the molecule is Nc1nn2c(c1C(=O)Nc1cncc(F)c1N1CCC(S(=O)(=O)N3CCN4CCC3CC4)CC1)NCC(F)C2. The number of hydrogen-bond acceptors (Lipinski definition) is 9. The molecule has 0 aliphatic carbocycles. The van der Waals surface area contributed by atoms with E-state index in [1.807, 2.05) is 0 Å². The van der Waals surface area contributed by atoms with Crippen molar-refractivity contribution in [2.24, 2.45) is 0 Å². The maximum absolute atomic E-state index is 15.1. The molecule has 212 valence electrons. The molecule has 4 fully saturated rings. The molecular weight excluding hydrogens is 532 g/mol. The zero-order valence-corrected chi connectivity index (χ0v) is 22.3. The van der Waals surface area contributed by atoms with Gasteiger partial charge in [-0.15, -0.1) is 0 Å². The van der Waals surface area contributed by atoms with Gasteiger partial charge in [0.25, 0.3) is 5.91 Å². The Bertz CT molecular complexity index is 1350. The van der Waals surface area contributed by atoms with E-state index in [1.165, 1.54) is 10.9 Å². The first-order chi connectivity index (χ1) is 18.7. The van der Waals surface area contributed by atoms with Crippen LogP contribution in [0.5, 0.6) is 0 Å². The molecule has 5 aliphatic heterocycles. The van der Waals surface area contributed by atoms with Crippen molar-refractivity contribution in [3.63, 3.8) is 0 Å². The van der Waals surface area contributed by atoms with Crippen molar-refractivity contribution >= 4 is 38.9 Å². The van der Waals surface area contributed by atoms with Gasteiger partial charge in [-0.1, -0.05) is 0 Å². The van der Waals surface area contributed by atoms with Gasteiger partial charge in [0.15, 0.2) is 11.6 Å². The minimum Gasteiger partial charge on any atom is -0.381 e. The highest BCUT2D eigenvalue weighted by molar-refractivity contribution is 7.89. The molecule has 0 radical (unpaired) electrons. The van der Waals surface area contributed by atoms with Crippen LogP contribution in [-0.2, 0) is 16.6 Å². The van der Waals surface area contributed by atoms with Crippen LogP contribution in [-0.4, -0.2) is 102 Å². The number of nitrogens with zero attached hydrogens (tertiary/aromatic N) is 6. The van der Waals surface area contributed by atoms with Crippen LogP contribution in [0.1, 0.15) is 36.0 Å². The summed E-state index contributed by atoms with van der Waals surface area (Å²) in [5.41, 5.74) is 6.29. The topological polar surface area (TPSA) is 142 Å². The fourth-order valence-electron chi connectivity index (χ4n) is 6.26. The number of hydrogen-bond donors (Lipinski definition) is 3. The fourth-order valence-corrected chi connectivity index (χ4v) is 8.41. The van der Waals surface area contributed by atoms with Gasteiger partial charge < -0.3 is 26.2 Å². The van der Waals surface area contributed by atoms with Gasteiger partial charge in [0.1, 0.15) is 23.2 Å². The van der Waals surface area contributed by atoms with Crippen molar-refractivity contribution in [2.45, 2.75) is 49.7 Å². The number of alkyl halides is 1. The van der Waals surface area contributed by atoms with E-state index >= 15 is 4.39 Å². The second kappa shape index (κ2) is 10.2. The third kappa shape index (κ3) is 4.80. The largest absolute Gasteiger partial charge is 0.381 e. The van der Waals surface area contributed by atoms with Gasteiger partial charge in [-0.25, -0.2) is 21.9 Å². The van der Waals surface area contributed by atoms with Gasteiger partial charge in [-0.05, 0) is 38.8 Å². The van der Waals surface area contributed by atoms with Crippen molar-refractivity contribution in [1.82, 2.24) is 24.0 Å². The third-order valence-electron chi connectivity index (χ3n) is 8.30. The smallest absolute Gasteiger partial charge is 0.263 e. The molecule has 0 spiro atoms. The van der Waals surface area contributed by atoms with E-state index in [1.54, 1.807) is 9.21 Å². The molecule has 12 nitrogen and oxygen atoms in total. The number of aromatic nitrogens is 3. The van der Waals surface area contributed by atoms with Crippen molar-refractivity contribution in [2.75, 3.05) is 67.1 Å². The number of nitrogens with two attached hydrogens (primary N) is 1. The fraction of sp³-hybridized carbons (Fsp3) is 0.625. The van der Waals surface area contributed by atoms with Crippen LogP contribution in [0.15, 0.2) is 12.4 Å². The van der Waals surface area contributed by atoms with Crippen LogP contribution in [0.25, 0.3) is 0 Å². The molecule has 2 bridgehead atoms. The number of fused-ring (bicyclic) bond motifs is 5. The van der Waals surface area contributed by atoms with Crippen LogP contribution in [0.3, 0.4) is 0 Å². The Hall–Kier alpha value is -3.04. The van der Waals surface area contributed by atoms with E-state index < -0.39 is 33.2 Å². The lowest BCUT2D eigenvalue weighted by atomic mass is 10.1. The van der Waals surface area contributed by atoms with Crippen molar-refractivity contribution in [3.8, 4) is 0 Å². The summed E-state index contributed by atoms with van der Waals surface area (Å²) in [6.07, 6.45) is 3.67. The van der Waals surface area contributed by atoms with Gasteiger partial charge >= 0.3 is 0 Å². The normalized spacial score (nSPS) is 26.1. The van der Waals surface area contributed by atoms with Gasteiger partial charge in [0.05, 0.1) is 29.9 Å². The number of anilines is 4. The Morgan fingerprint density at radius 3 is 2.56 bits per heavy atom. The summed E-state index contributed by atoms with van der Waals surface area (Å²) in [6.45, 7) is 3.76. The number of nitrogens with one attached hydrogen (secondary N) is 2. The molecule has 2 aromatic heterocycles. The first-order valence-corrected chi connectivity index (χ1v) is 14.9. The lowest BCUT2D eigenvalue weighted by Crippen LogP contribution is -2.49. The van der Waals surface area contributed by atoms with E-state index in [0.29, 0.717) is 38.3 Å². The maximum Gasteiger partial charge on any atom is 0.263 e. The quantitative estimate of drug-likeness (QED) is 0.486. The molecule has 1 atom stereocenters. The Labute approximate surface area is 225 Å². The summed E-state index contributed by atoms with van der Waals surface area (Å²) < 4.78 is 59.1. The Kier molecular flexibility index (Phi) is 6.83. The number of halogens is 2. The lowest BCUT2D eigenvalue weighted by Gasteiger charge is -2.38. The predicted octanol–water partition coefficient (Wildman–Crippen LogP) is 1.09. The van der Waals surface area contributed by atoms with E-state index in [4.69, 9.17) is 5.73 Å². The summed E-state index contributed by atoms with van der Waals surface area (Å²) in [6, 6.07) is 0.0542. The Balaban J connectivity index is 1.18. The highest BCUT2D eigenvalue weighted by Crippen LogP contribution is 2.35. The first kappa shape index (κ1) is 26.2. The van der Waals surface area contributed by atoms with E-state index in [0.717, 1.165) is 38.7 Å². The summed E-state index contributed by atoms with van der Waals surface area (Å²) in [5.74, 6) is -1.03. The van der Waals surface area contributed by atoms with Crippen LogP contribution in [0, 0.1) is 5.82 Å². The van der Waals surface area contributed by atoms with Gasteiger partial charge in [0.2, 0.25) is 10.0 Å². The molecule has 4 N–H and O–H groups in total. The Morgan fingerprint density at radius 2 is 1.82 bits per heavy atom. The standard InChI is InChI=1S/C24H33F2N9O3S/c25-15-11-29-23-20(22(27)31-34(23)14-15)24(36)30-19-13-28-12-18(26)21(19)33-7-3-17(4-8-33)39(37,38)35-10-9-32-5-1-16(35)2-6-32/h12-13,15-17,29H,1-11,14H2,(H2,27,31)(H,30,36). The molecular formula is C24H33F2N9O3S. The minimum atomic E-state index is -3.49. The maximum atomic E-state index is 15.1. The summed E-state index contributed by atoms with van der Waals surface area (Å²) >= 11 is 0. The highest BCUT2D eigenvalue weighted by Gasteiger charge is 2.41. The number of rotatable bonds is 5. The summed E-state index contributed by atoms with van der Waals surface area (Å²) in [5, 5.41) is 9.05. The molecule has 1 unspecified atom stereocenters. The molecule has 7 heterocycles. The lowest BCUT2D eigenvalue weighted by molar-refractivity contribution is 0.102. The van der Waals surface area contributed by atoms with Gasteiger partial charge in [-0.2, -0.15) is 9.40 Å². The average Bonchev–Trinajstić information content (AvgIpc) is 3.04. The number of carbonyl (C=O) groups excluding carboxylic acids is 1. The monoisotopic (exact) mass is 565 g/mol. The highest BCUT2D eigenvalue weighted by atomic mass is 32.2. The van der Waals surface area contributed by atoms with Gasteiger partial charge in [0, 0.05) is 38.8 Å². The molecule has 39 heavy (non-hydrogen) atoms. The molecule has 5 aliphatic rings. The molecule has 2 aromatic rings. The van der Waals surface area contributed by atoms with E-state index in [2.05, 4.69) is 25.6 Å². The number of piperidine rings is 2. The predicted molar refractivity (Wildman–Crippen MR) is 142 cm³/mol. The molecule has 1 amide bonds. The average molecular weight is 566 g/mol. The Morgan fingerprint density at radius 1 is 1.08 bits per heavy atom. The second-order valence-electron chi connectivity index (χ2n) is 10.7. The molecule has 4 saturated heterocycles. The molecule has 0 saturated carbocycles. The molecule has 0 aromatic carbocycles.